The second-order valence-electron chi connectivity index (χ2n) is 6.50. The van der Waals surface area contributed by atoms with Crippen LogP contribution in [-0.2, 0) is 6.54 Å². The van der Waals surface area contributed by atoms with Crippen molar-refractivity contribution in [2.24, 2.45) is 0 Å². The second kappa shape index (κ2) is 9.00. The van der Waals surface area contributed by atoms with Gasteiger partial charge in [-0.3, -0.25) is 9.78 Å². The summed E-state index contributed by atoms with van der Waals surface area (Å²) in [5.74, 6) is 0.287. The highest BCUT2D eigenvalue weighted by atomic mass is 16.5. The van der Waals surface area contributed by atoms with Gasteiger partial charge in [-0.2, -0.15) is 5.10 Å². The fourth-order valence-electron chi connectivity index (χ4n) is 3.07. The van der Waals surface area contributed by atoms with Crippen LogP contribution in [0.2, 0.25) is 0 Å². The van der Waals surface area contributed by atoms with Crippen molar-refractivity contribution in [3.8, 4) is 22.8 Å². The van der Waals surface area contributed by atoms with Crippen LogP contribution in [0.3, 0.4) is 0 Å². The van der Waals surface area contributed by atoms with Crippen molar-refractivity contribution in [3.05, 3.63) is 90.5 Å². The van der Waals surface area contributed by atoms with Gasteiger partial charge in [0.25, 0.3) is 5.91 Å². The number of hydrogen-bond donors (Lipinski definition) is 1. The standard InChI is InChI=1S/C23H21N5O2/c1-2-30-23-18(9-7-13-25-23)15-26-22(29)20-16-28(19-10-4-3-5-11-19)27-21(20)17-8-6-12-24-14-17/h3-14,16H,2,15H2,1H3,(H,26,29). The lowest BCUT2D eigenvalue weighted by Crippen LogP contribution is -2.23. The van der Waals surface area contributed by atoms with Gasteiger partial charge in [0.15, 0.2) is 0 Å². The zero-order chi connectivity index (χ0) is 20.8. The summed E-state index contributed by atoms with van der Waals surface area (Å²) in [7, 11) is 0. The molecular weight excluding hydrogens is 378 g/mol. The molecule has 0 aliphatic heterocycles. The summed E-state index contributed by atoms with van der Waals surface area (Å²) < 4.78 is 7.24. The highest BCUT2D eigenvalue weighted by Gasteiger charge is 2.19. The van der Waals surface area contributed by atoms with E-state index in [1.165, 1.54) is 0 Å². The number of carbonyl (C=O) groups is 1. The topological polar surface area (TPSA) is 81.9 Å². The van der Waals surface area contributed by atoms with Gasteiger partial charge >= 0.3 is 0 Å². The number of rotatable bonds is 7. The van der Waals surface area contributed by atoms with E-state index in [0.29, 0.717) is 30.3 Å². The molecule has 1 aromatic carbocycles. The monoisotopic (exact) mass is 399 g/mol. The predicted octanol–water partition coefficient (Wildman–Crippen LogP) is 3.66. The Kier molecular flexibility index (Phi) is 5.80. The molecule has 4 rings (SSSR count). The van der Waals surface area contributed by atoms with E-state index in [9.17, 15) is 4.79 Å². The fourth-order valence-corrected chi connectivity index (χ4v) is 3.07. The van der Waals surface area contributed by atoms with Crippen LogP contribution in [0, 0.1) is 0 Å². The highest BCUT2D eigenvalue weighted by molar-refractivity contribution is 5.99. The van der Waals surface area contributed by atoms with Crippen LogP contribution in [0.15, 0.2) is 79.4 Å². The summed E-state index contributed by atoms with van der Waals surface area (Å²) in [4.78, 5) is 21.5. The van der Waals surface area contributed by atoms with E-state index in [0.717, 1.165) is 16.8 Å². The van der Waals surface area contributed by atoms with Gasteiger partial charge in [-0.05, 0) is 37.3 Å². The molecule has 0 saturated heterocycles. The van der Waals surface area contributed by atoms with E-state index < -0.39 is 0 Å². The van der Waals surface area contributed by atoms with Crippen molar-refractivity contribution in [2.45, 2.75) is 13.5 Å². The Labute approximate surface area is 174 Å². The number of carbonyl (C=O) groups excluding carboxylic acids is 1. The molecule has 30 heavy (non-hydrogen) atoms. The van der Waals surface area contributed by atoms with Crippen molar-refractivity contribution in [1.29, 1.82) is 0 Å². The average molecular weight is 399 g/mol. The lowest BCUT2D eigenvalue weighted by molar-refractivity contribution is 0.0951. The molecule has 150 valence electrons. The molecule has 0 unspecified atom stereocenters. The first-order valence-electron chi connectivity index (χ1n) is 9.66. The maximum absolute atomic E-state index is 13.1. The van der Waals surface area contributed by atoms with E-state index in [-0.39, 0.29) is 5.91 Å². The molecule has 3 aromatic heterocycles. The van der Waals surface area contributed by atoms with Crippen molar-refractivity contribution in [3.63, 3.8) is 0 Å². The van der Waals surface area contributed by atoms with Crippen LogP contribution >= 0.6 is 0 Å². The molecule has 0 bridgehead atoms. The zero-order valence-electron chi connectivity index (χ0n) is 16.5. The highest BCUT2D eigenvalue weighted by Crippen LogP contribution is 2.23. The van der Waals surface area contributed by atoms with E-state index in [1.54, 1.807) is 29.5 Å². The largest absolute Gasteiger partial charge is 0.478 e. The number of ether oxygens (including phenoxy) is 1. The molecule has 0 aliphatic carbocycles. The molecule has 3 heterocycles. The first-order valence-corrected chi connectivity index (χ1v) is 9.66. The summed E-state index contributed by atoms with van der Waals surface area (Å²) in [5.41, 5.74) is 3.49. The minimum atomic E-state index is -0.234. The average Bonchev–Trinajstić information content (AvgIpc) is 3.25. The normalized spacial score (nSPS) is 10.6. The SMILES string of the molecule is CCOc1ncccc1CNC(=O)c1cn(-c2ccccc2)nc1-c1cccnc1. The zero-order valence-corrected chi connectivity index (χ0v) is 16.5. The van der Waals surface area contributed by atoms with Gasteiger partial charge in [0.05, 0.1) is 17.9 Å². The molecule has 0 spiro atoms. The number of aromatic nitrogens is 4. The maximum atomic E-state index is 13.1. The van der Waals surface area contributed by atoms with Crippen LogP contribution in [0.4, 0.5) is 0 Å². The lowest BCUT2D eigenvalue weighted by atomic mass is 10.1. The molecule has 7 heteroatoms. The summed E-state index contributed by atoms with van der Waals surface area (Å²) >= 11 is 0. The van der Waals surface area contributed by atoms with E-state index >= 15 is 0 Å². The molecule has 0 aliphatic rings. The summed E-state index contributed by atoms with van der Waals surface area (Å²) in [5, 5.41) is 7.61. The van der Waals surface area contributed by atoms with Crippen LogP contribution in [0.1, 0.15) is 22.8 Å². The van der Waals surface area contributed by atoms with E-state index in [2.05, 4.69) is 20.4 Å². The van der Waals surface area contributed by atoms with Gasteiger partial charge in [0, 0.05) is 42.5 Å². The third-order valence-electron chi connectivity index (χ3n) is 4.48. The van der Waals surface area contributed by atoms with Crippen molar-refractivity contribution in [2.75, 3.05) is 6.61 Å². The molecule has 7 nitrogen and oxygen atoms in total. The summed E-state index contributed by atoms with van der Waals surface area (Å²) in [6.07, 6.45) is 6.79. The van der Waals surface area contributed by atoms with Gasteiger partial charge in [-0.25, -0.2) is 9.67 Å². The fraction of sp³-hybridized carbons (Fsp3) is 0.130. The Hall–Kier alpha value is -4.00. The molecule has 4 aromatic rings. The van der Waals surface area contributed by atoms with Crippen molar-refractivity contribution >= 4 is 5.91 Å². The summed E-state index contributed by atoms with van der Waals surface area (Å²) in [6.45, 7) is 2.70. The number of para-hydroxylation sites is 1. The van der Waals surface area contributed by atoms with Crippen LogP contribution in [0.5, 0.6) is 5.88 Å². The first-order chi connectivity index (χ1) is 14.8. The van der Waals surface area contributed by atoms with Crippen molar-refractivity contribution < 1.29 is 9.53 Å². The Balaban J connectivity index is 1.64. The molecule has 1 N–H and O–H groups in total. The Bertz CT molecular complexity index is 1130. The van der Waals surface area contributed by atoms with Crippen molar-refractivity contribution in [1.82, 2.24) is 25.1 Å². The maximum Gasteiger partial charge on any atom is 0.255 e. The smallest absolute Gasteiger partial charge is 0.255 e. The number of nitrogens with zero attached hydrogens (tertiary/aromatic N) is 4. The van der Waals surface area contributed by atoms with Crippen LogP contribution in [-0.4, -0.2) is 32.3 Å². The van der Waals surface area contributed by atoms with Gasteiger partial charge < -0.3 is 10.1 Å². The van der Waals surface area contributed by atoms with Gasteiger partial charge in [0.1, 0.15) is 5.69 Å². The molecule has 0 atom stereocenters. The third-order valence-corrected chi connectivity index (χ3v) is 4.48. The number of hydrogen-bond acceptors (Lipinski definition) is 5. The number of benzene rings is 1. The van der Waals surface area contributed by atoms with Crippen LogP contribution < -0.4 is 10.1 Å². The first kappa shape index (κ1) is 19.3. The molecule has 1 amide bonds. The van der Waals surface area contributed by atoms with E-state index in [1.807, 2.05) is 61.5 Å². The number of pyridine rings is 2. The lowest BCUT2D eigenvalue weighted by Gasteiger charge is -2.09. The van der Waals surface area contributed by atoms with E-state index in [4.69, 9.17) is 4.74 Å². The predicted molar refractivity (Wildman–Crippen MR) is 113 cm³/mol. The Morgan fingerprint density at radius 1 is 1.07 bits per heavy atom. The van der Waals surface area contributed by atoms with Gasteiger partial charge in [-0.1, -0.05) is 24.3 Å². The molecule has 0 radical (unpaired) electrons. The minimum absolute atomic E-state index is 0.234. The Morgan fingerprint density at radius 3 is 2.67 bits per heavy atom. The van der Waals surface area contributed by atoms with Crippen LogP contribution in [0.25, 0.3) is 16.9 Å². The minimum Gasteiger partial charge on any atom is -0.478 e. The number of nitrogens with one attached hydrogen (secondary N) is 1. The van der Waals surface area contributed by atoms with Gasteiger partial charge in [0.2, 0.25) is 5.88 Å². The summed E-state index contributed by atoms with van der Waals surface area (Å²) in [6, 6.07) is 17.1. The quantitative estimate of drug-likeness (QED) is 0.513. The molecule has 0 fully saturated rings. The Morgan fingerprint density at radius 2 is 1.90 bits per heavy atom. The molecule has 0 saturated carbocycles. The molecular formula is C23H21N5O2. The number of amides is 1. The van der Waals surface area contributed by atoms with Gasteiger partial charge in [-0.15, -0.1) is 0 Å². The third kappa shape index (κ3) is 4.20. The second-order valence-corrected chi connectivity index (χ2v) is 6.50.